The Morgan fingerprint density at radius 1 is 1.24 bits per heavy atom. The SMILES string of the molecule is COc1cc(F)c(C(=O)C2CCCC2)cc1F. The molecule has 0 spiro atoms. The standard InChI is InChI=1S/C13H14F2O2/c1-17-12-7-10(14)9(6-11(12)15)13(16)8-4-2-3-5-8/h6-8H,2-5H2,1H3. The molecule has 4 heteroatoms. The van der Waals surface area contributed by atoms with Crippen LogP contribution in [0.3, 0.4) is 0 Å². The van der Waals surface area contributed by atoms with Crippen LogP contribution in [0, 0.1) is 17.6 Å². The minimum Gasteiger partial charge on any atom is -0.494 e. The molecule has 1 aliphatic carbocycles. The Kier molecular flexibility index (Phi) is 3.41. The van der Waals surface area contributed by atoms with Gasteiger partial charge in [0.25, 0.3) is 0 Å². The summed E-state index contributed by atoms with van der Waals surface area (Å²) in [7, 11) is 1.26. The molecule has 0 amide bonds. The van der Waals surface area contributed by atoms with Crippen LogP contribution in [0.25, 0.3) is 0 Å². The van der Waals surface area contributed by atoms with Crippen molar-refractivity contribution in [1.82, 2.24) is 0 Å². The molecule has 2 rings (SSSR count). The third-order valence-electron chi connectivity index (χ3n) is 3.23. The van der Waals surface area contributed by atoms with Crippen LogP contribution in [0.5, 0.6) is 5.75 Å². The minimum absolute atomic E-state index is 0.155. The minimum atomic E-state index is -0.708. The molecule has 0 saturated heterocycles. The molecule has 1 aromatic carbocycles. The van der Waals surface area contributed by atoms with E-state index in [0.29, 0.717) is 0 Å². The smallest absolute Gasteiger partial charge is 0.168 e. The largest absolute Gasteiger partial charge is 0.494 e. The second-order valence-corrected chi connectivity index (χ2v) is 4.31. The van der Waals surface area contributed by atoms with Crippen LogP contribution in [0.15, 0.2) is 12.1 Å². The van der Waals surface area contributed by atoms with Crippen molar-refractivity contribution in [2.24, 2.45) is 5.92 Å². The fourth-order valence-corrected chi connectivity index (χ4v) is 2.28. The summed E-state index contributed by atoms with van der Waals surface area (Å²) >= 11 is 0. The molecule has 0 radical (unpaired) electrons. The van der Waals surface area contributed by atoms with Crippen LogP contribution in [0.2, 0.25) is 0 Å². The summed E-state index contributed by atoms with van der Waals surface area (Å²) in [5.74, 6) is -2.03. The number of halogens is 2. The summed E-state index contributed by atoms with van der Waals surface area (Å²) < 4.78 is 31.7. The number of hydrogen-bond acceptors (Lipinski definition) is 2. The van der Waals surface area contributed by atoms with E-state index in [1.54, 1.807) is 0 Å². The third kappa shape index (κ3) is 2.30. The summed E-state index contributed by atoms with van der Waals surface area (Å²) in [6.45, 7) is 0. The molecule has 1 aromatic rings. The lowest BCUT2D eigenvalue weighted by atomic mass is 9.96. The van der Waals surface area contributed by atoms with Crippen LogP contribution in [0.1, 0.15) is 36.0 Å². The molecule has 0 N–H and O–H groups in total. The molecule has 0 heterocycles. The van der Waals surface area contributed by atoms with E-state index in [1.807, 2.05) is 0 Å². The van der Waals surface area contributed by atoms with Gasteiger partial charge in [-0.3, -0.25) is 4.79 Å². The second kappa shape index (κ2) is 4.82. The van der Waals surface area contributed by atoms with Crippen molar-refractivity contribution < 1.29 is 18.3 Å². The zero-order valence-corrected chi connectivity index (χ0v) is 9.63. The Bertz CT molecular complexity index is 437. The number of hydrogen-bond donors (Lipinski definition) is 0. The quantitative estimate of drug-likeness (QED) is 0.757. The van der Waals surface area contributed by atoms with Crippen molar-refractivity contribution >= 4 is 5.78 Å². The summed E-state index contributed by atoms with van der Waals surface area (Å²) in [5.41, 5.74) is -0.157. The first-order chi connectivity index (χ1) is 8.13. The van der Waals surface area contributed by atoms with Gasteiger partial charge in [-0.05, 0) is 18.9 Å². The van der Waals surface area contributed by atoms with Gasteiger partial charge in [0.1, 0.15) is 5.82 Å². The number of carbonyl (C=O) groups is 1. The summed E-state index contributed by atoms with van der Waals surface area (Å²) in [6, 6.07) is 1.87. The molecule has 17 heavy (non-hydrogen) atoms. The predicted molar refractivity (Wildman–Crippen MR) is 59.2 cm³/mol. The summed E-state index contributed by atoms with van der Waals surface area (Å²) in [5, 5.41) is 0. The molecule has 0 atom stereocenters. The van der Waals surface area contributed by atoms with Gasteiger partial charge in [-0.2, -0.15) is 0 Å². The van der Waals surface area contributed by atoms with Crippen molar-refractivity contribution in [2.45, 2.75) is 25.7 Å². The number of Topliss-reactive ketones (excluding diaryl/α,β-unsaturated/α-hetero) is 1. The van der Waals surface area contributed by atoms with Gasteiger partial charge >= 0.3 is 0 Å². The maximum Gasteiger partial charge on any atom is 0.168 e. The first-order valence-corrected chi connectivity index (χ1v) is 5.70. The van der Waals surface area contributed by atoms with E-state index in [4.69, 9.17) is 0 Å². The molecule has 1 saturated carbocycles. The molecule has 0 bridgehead atoms. The Morgan fingerprint density at radius 3 is 2.47 bits per heavy atom. The Morgan fingerprint density at radius 2 is 1.88 bits per heavy atom. The van der Waals surface area contributed by atoms with Crippen molar-refractivity contribution in [3.63, 3.8) is 0 Å². The number of ketones is 1. The van der Waals surface area contributed by atoms with E-state index in [2.05, 4.69) is 4.74 Å². The number of rotatable bonds is 3. The monoisotopic (exact) mass is 240 g/mol. The fraction of sp³-hybridized carbons (Fsp3) is 0.462. The molecular weight excluding hydrogens is 226 g/mol. The van der Waals surface area contributed by atoms with Gasteiger partial charge < -0.3 is 4.74 Å². The van der Waals surface area contributed by atoms with Crippen molar-refractivity contribution in [3.05, 3.63) is 29.3 Å². The lowest BCUT2D eigenvalue weighted by Gasteiger charge is -2.10. The number of ether oxygens (including phenoxy) is 1. The van der Waals surface area contributed by atoms with Gasteiger partial charge in [-0.1, -0.05) is 12.8 Å². The molecule has 0 aliphatic heterocycles. The molecule has 92 valence electrons. The number of benzene rings is 1. The van der Waals surface area contributed by atoms with E-state index in [-0.39, 0.29) is 23.0 Å². The van der Waals surface area contributed by atoms with Crippen molar-refractivity contribution in [2.75, 3.05) is 7.11 Å². The van der Waals surface area contributed by atoms with Crippen molar-refractivity contribution in [3.8, 4) is 5.75 Å². The topological polar surface area (TPSA) is 26.3 Å². The average molecular weight is 240 g/mol. The highest BCUT2D eigenvalue weighted by Crippen LogP contribution is 2.30. The van der Waals surface area contributed by atoms with Crippen LogP contribution in [-0.4, -0.2) is 12.9 Å². The molecule has 1 fully saturated rings. The Hall–Kier alpha value is -1.45. The summed E-state index contributed by atoms with van der Waals surface area (Å²) in [4.78, 5) is 12.0. The Labute approximate surface area is 98.6 Å². The molecule has 1 aliphatic rings. The van der Waals surface area contributed by atoms with Gasteiger partial charge in [0.2, 0.25) is 0 Å². The molecule has 2 nitrogen and oxygen atoms in total. The summed E-state index contributed by atoms with van der Waals surface area (Å²) in [6.07, 6.45) is 3.51. The molecular formula is C13H14F2O2. The van der Waals surface area contributed by atoms with Gasteiger partial charge in [0, 0.05) is 12.0 Å². The lowest BCUT2D eigenvalue weighted by molar-refractivity contribution is 0.0918. The van der Waals surface area contributed by atoms with Gasteiger partial charge in [-0.15, -0.1) is 0 Å². The van der Waals surface area contributed by atoms with Crippen molar-refractivity contribution in [1.29, 1.82) is 0 Å². The molecule has 0 aromatic heterocycles. The van der Waals surface area contributed by atoms with E-state index < -0.39 is 11.6 Å². The van der Waals surface area contributed by atoms with Crippen LogP contribution >= 0.6 is 0 Å². The predicted octanol–water partition coefficient (Wildman–Crippen LogP) is 3.35. The fourth-order valence-electron chi connectivity index (χ4n) is 2.28. The number of carbonyl (C=O) groups excluding carboxylic acids is 1. The third-order valence-corrected chi connectivity index (χ3v) is 3.23. The zero-order valence-electron chi connectivity index (χ0n) is 9.63. The average Bonchev–Trinajstić information content (AvgIpc) is 2.84. The highest BCUT2D eigenvalue weighted by atomic mass is 19.1. The lowest BCUT2D eigenvalue weighted by Crippen LogP contribution is -2.13. The van der Waals surface area contributed by atoms with Crippen LogP contribution in [-0.2, 0) is 0 Å². The first kappa shape index (κ1) is 12.0. The number of methoxy groups -OCH3 is 1. The van der Waals surface area contributed by atoms with Crippen LogP contribution in [0.4, 0.5) is 8.78 Å². The second-order valence-electron chi connectivity index (χ2n) is 4.31. The zero-order chi connectivity index (χ0) is 12.4. The maximum atomic E-state index is 13.7. The van der Waals surface area contributed by atoms with Gasteiger partial charge in [-0.25, -0.2) is 8.78 Å². The van der Waals surface area contributed by atoms with E-state index in [1.165, 1.54) is 7.11 Å². The maximum absolute atomic E-state index is 13.7. The van der Waals surface area contributed by atoms with E-state index in [9.17, 15) is 13.6 Å². The molecule has 0 unspecified atom stereocenters. The van der Waals surface area contributed by atoms with Gasteiger partial charge in [0.15, 0.2) is 17.3 Å². The normalized spacial score (nSPS) is 16.2. The van der Waals surface area contributed by atoms with Gasteiger partial charge in [0.05, 0.1) is 12.7 Å². The van der Waals surface area contributed by atoms with E-state index in [0.717, 1.165) is 37.8 Å². The van der Waals surface area contributed by atoms with E-state index >= 15 is 0 Å². The first-order valence-electron chi connectivity index (χ1n) is 5.70. The highest BCUT2D eigenvalue weighted by Gasteiger charge is 2.27. The highest BCUT2D eigenvalue weighted by molar-refractivity contribution is 5.98. The Balaban J connectivity index is 2.31. The van der Waals surface area contributed by atoms with Crippen LogP contribution < -0.4 is 4.74 Å².